The predicted octanol–water partition coefficient (Wildman–Crippen LogP) is 3.17. The average Bonchev–Trinajstić information content (AvgIpc) is 1.78. The number of piperidine rings is 1. The van der Waals surface area contributed by atoms with Gasteiger partial charge in [0.2, 0.25) is 0 Å². The summed E-state index contributed by atoms with van der Waals surface area (Å²) in [4.78, 5) is 0. The number of nitrogens with one attached hydrogen (secondary N) is 1. The van der Waals surface area contributed by atoms with Gasteiger partial charge < -0.3 is 5.32 Å². The first kappa shape index (κ1) is 11.3. The molecular formula is C11H22ClN. The van der Waals surface area contributed by atoms with E-state index in [1.54, 1.807) is 0 Å². The Morgan fingerprint density at radius 1 is 1.15 bits per heavy atom. The van der Waals surface area contributed by atoms with Crippen LogP contribution in [0.3, 0.4) is 0 Å². The monoisotopic (exact) mass is 203 g/mol. The molecule has 2 heteroatoms. The minimum Gasteiger partial charge on any atom is -0.307 e. The molecule has 1 N–H and O–H groups in total. The van der Waals surface area contributed by atoms with E-state index in [-0.39, 0.29) is 11.1 Å². The van der Waals surface area contributed by atoms with Crippen molar-refractivity contribution in [1.82, 2.24) is 5.32 Å². The molecule has 0 aliphatic carbocycles. The van der Waals surface area contributed by atoms with Crippen molar-refractivity contribution in [3.63, 3.8) is 0 Å². The van der Waals surface area contributed by atoms with Crippen LogP contribution in [0.15, 0.2) is 0 Å². The van der Waals surface area contributed by atoms with Crippen molar-refractivity contribution >= 4 is 11.6 Å². The van der Waals surface area contributed by atoms with Crippen molar-refractivity contribution in [3.05, 3.63) is 0 Å². The second-order valence-corrected chi connectivity index (χ2v) is 6.02. The van der Waals surface area contributed by atoms with Crippen molar-refractivity contribution in [2.24, 2.45) is 5.92 Å². The first-order valence-corrected chi connectivity index (χ1v) is 5.73. The zero-order valence-electron chi connectivity index (χ0n) is 9.28. The largest absolute Gasteiger partial charge is 0.307 e. The predicted molar refractivity (Wildman–Crippen MR) is 59.4 cm³/mol. The Morgan fingerprint density at radius 3 is 2.00 bits per heavy atom. The molecule has 0 amide bonds. The van der Waals surface area contributed by atoms with Gasteiger partial charge in [-0.05, 0) is 52.9 Å². The van der Waals surface area contributed by atoms with Crippen LogP contribution in [0.5, 0.6) is 0 Å². The molecule has 0 radical (unpaired) electrons. The molecule has 78 valence electrons. The molecule has 0 unspecified atom stereocenters. The Bertz CT molecular complexity index is 159. The van der Waals surface area contributed by atoms with E-state index < -0.39 is 0 Å². The molecule has 13 heavy (non-hydrogen) atoms. The summed E-state index contributed by atoms with van der Waals surface area (Å²) in [7, 11) is 0. The standard InChI is InChI=1S/C11H22ClN/c1-10(2)7-9(5-6-12)8-11(3,4)13-10/h9,13H,5-8H2,1-4H3. The van der Waals surface area contributed by atoms with Gasteiger partial charge in [-0.25, -0.2) is 0 Å². The van der Waals surface area contributed by atoms with Crippen molar-refractivity contribution < 1.29 is 0 Å². The van der Waals surface area contributed by atoms with Crippen LogP contribution in [0.25, 0.3) is 0 Å². The fraction of sp³-hybridized carbons (Fsp3) is 1.00. The third-order valence-electron chi connectivity index (χ3n) is 2.79. The van der Waals surface area contributed by atoms with Crippen LogP contribution in [0.1, 0.15) is 47.0 Å². The van der Waals surface area contributed by atoms with Gasteiger partial charge in [-0.2, -0.15) is 0 Å². The van der Waals surface area contributed by atoms with Gasteiger partial charge in [0.1, 0.15) is 0 Å². The van der Waals surface area contributed by atoms with E-state index in [0.29, 0.717) is 0 Å². The topological polar surface area (TPSA) is 12.0 Å². The highest BCUT2D eigenvalue weighted by atomic mass is 35.5. The number of hydrogen-bond donors (Lipinski definition) is 1. The van der Waals surface area contributed by atoms with Crippen LogP contribution in [0.2, 0.25) is 0 Å². The summed E-state index contributed by atoms with van der Waals surface area (Å²) < 4.78 is 0. The maximum atomic E-state index is 5.80. The van der Waals surface area contributed by atoms with Crippen molar-refractivity contribution in [2.75, 3.05) is 5.88 Å². The summed E-state index contributed by atoms with van der Waals surface area (Å²) in [6.07, 6.45) is 3.67. The Balaban J connectivity index is 2.61. The summed E-state index contributed by atoms with van der Waals surface area (Å²) in [5.41, 5.74) is 0.553. The van der Waals surface area contributed by atoms with Crippen LogP contribution >= 0.6 is 11.6 Å². The maximum absolute atomic E-state index is 5.80. The van der Waals surface area contributed by atoms with E-state index in [9.17, 15) is 0 Å². The first-order valence-electron chi connectivity index (χ1n) is 5.20. The van der Waals surface area contributed by atoms with Gasteiger partial charge in [0.25, 0.3) is 0 Å². The molecule has 1 heterocycles. The Hall–Kier alpha value is 0.250. The molecule has 1 nitrogen and oxygen atoms in total. The van der Waals surface area contributed by atoms with E-state index in [1.165, 1.54) is 12.8 Å². The van der Waals surface area contributed by atoms with Crippen LogP contribution in [-0.4, -0.2) is 17.0 Å². The molecule has 0 aromatic rings. The zero-order chi connectivity index (χ0) is 10.1. The number of alkyl halides is 1. The van der Waals surface area contributed by atoms with Crippen molar-refractivity contribution in [3.8, 4) is 0 Å². The third-order valence-corrected chi connectivity index (χ3v) is 3.01. The average molecular weight is 204 g/mol. The first-order chi connectivity index (χ1) is 5.85. The molecule has 1 fully saturated rings. The summed E-state index contributed by atoms with van der Waals surface area (Å²) in [5.74, 6) is 1.60. The third kappa shape index (κ3) is 3.47. The summed E-state index contributed by atoms with van der Waals surface area (Å²) in [6, 6.07) is 0. The maximum Gasteiger partial charge on any atom is 0.0226 e. The zero-order valence-corrected chi connectivity index (χ0v) is 10.0. The fourth-order valence-corrected chi connectivity index (χ4v) is 3.20. The van der Waals surface area contributed by atoms with Gasteiger partial charge in [0.15, 0.2) is 0 Å². The van der Waals surface area contributed by atoms with Crippen molar-refractivity contribution in [1.29, 1.82) is 0 Å². The second-order valence-electron chi connectivity index (χ2n) is 5.64. The van der Waals surface area contributed by atoms with E-state index in [4.69, 9.17) is 11.6 Å². The molecule has 0 saturated carbocycles. The van der Waals surface area contributed by atoms with E-state index in [0.717, 1.165) is 18.2 Å². The lowest BCUT2D eigenvalue weighted by Crippen LogP contribution is -2.57. The molecule has 1 saturated heterocycles. The number of rotatable bonds is 2. The molecule has 0 spiro atoms. The Morgan fingerprint density at radius 2 is 1.62 bits per heavy atom. The molecule has 0 aromatic carbocycles. The molecule has 0 aromatic heterocycles. The highest BCUT2D eigenvalue weighted by Gasteiger charge is 2.36. The molecule has 1 aliphatic heterocycles. The van der Waals surface area contributed by atoms with Gasteiger partial charge in [0.05, 0.1) is 0 Å². The molecule has 1 aliphatic rings. The minimum absolute atomic E-state index is 0.276. The molecular weight excluding hydrogens is 182 g/mol. The number of halogens is 1. The van der Waals surface area contributed by atoms with Crippen LogP contribution in [0, 0.1) is 5.92 Å². The van der Waals surface area contributed by atoms with E-state index in [2.05, 4.69) is 33.0 Å². The molecule has 0 atom stereocenters. The lowest BCUT2D eigenvalue weighted by Gasteiger charge is -2.46. The lowest BCUT2D eigenvalue weighted by atomic mass is 9.75. The second kappa shape index (κ2) is 3.78. The Kier molecular flexibility index (Phi) is 3.29. The van der Waals surface area contributed by atoms with E-state index in [1.807, 2.05) is 0 Å². The Labute approximate surface area is 87.2 Å². The summed E-state index contributed by atoms with van der Waals surface area (Å²) >= 11 is 5.80. The van der Waals surface area contributed by atoms with Gasteiger partial charge >= 0.3 is 0 Å². The SMILES string of the molecule is CC1(C)CC(CCCl)CC(C)(C)N1. The van der Waals surface area contributed by atoms with Gasteiger partial charge in [-0.3, -0.25) is 0 Å². The van der Waals surface area contributed by atoms with Gasteiger partial charge in [0, 0.05) is 17.0 Å². The normalized spacial score (nSPS) is 27.5. The smallest absolute Gasteiger partial charge is 0.0226 e. The number of hydrogen-bond acceptors (Lipinski definition) is 1. The highest BCUT2D eigenvalue weighted by molar-refractivity contribution is 6.17. The quantitative estimate of drug-likeness (QED) is 0.680. The van der Waals surface area contributed by atoms with Crippen molar-refractivity contribution in [2.45, 2.75) is 58.0 Å². The minimum atomic E-state index is 0.276. The van der Waals surface area contributed by atoms with Crippen LogP contribution in [-0.2, 0) is 0 Å². The highest BCUT2D eigenvalue weighted by Crippen LogP contribution is 2.34. The lowest BCUT2D eigenvalue weighted by molar-refractivity contribution is 0.127. The molecule has 0 bridgehead atoms. The summed E-state index contributed by atoms with van der Waals surface area (Å²) in [5, 5.41) is 3.68. The van der Waals surface area contributed by atoms with Crippen LogP contribution in [0.4, 0.5) is 0 Å². The molecule has 1 rings (SSSR count). The summed E-state index contributed by atoms with van der Waals surface area (Å²) in [6.45, 7) is 9.15. The van der Waals surface area contributed by atoms with E-state index >= 15 is 0 Å². The van der Waals surface area contributed by atoms with Crippen LogP contribution < -0.4 is 5.32 Å². The fourth-order valence-electron chi connectivity index (χ4n) is 2.89. The van der Waals surface area contributed by atoms with Gasteiger partial charge in [-0.15, -0.1) is 11.6 Å². The van der Waals surface area contributed by atoms with Gasteiger partial charge in [-0.1, -0.05) is 0 Å².